The summed E-state index contributed by atoms with van der Waals surface area (Å²) >= 11 is 6.48. The van der Waals surface area contributed by atoms with Crippen LogP contribution in [0.4, 0.5) is 0 Å². The maximum absolute atomic E-state index is 12.3. The van der Waals surface area contributed by atoms with Gasteiger partial charge in [0.25, 0.3) is 0 Å². The van der Waals surface area contributed by atoms with Crippen LogP contribution in [-0.4, -0.2) is 15.7 Å². The van der Waals surface area contributed by atoms with E-state index in [0.717, 1.165) is 22.4 Å². The molecule has 1 atom stereocenters. The molecule has 3 aromatic rings. The predicted octanol–water partition coefficient (Wildman–Crippen LogP) is 4.78. The van der Waals surface area contributed by atoms with Crippen LogP contribution in [-0.2, 0) is 11.3 Å². The number of aryl methyl sites for hydroxylation is 1. The minimum absolute atomic E-state index is 0.0688. The average Bonchev–Trinajstić information content (AvgIpc) is 2.94. The van der Waals surface area contributed by atoms with Crippen molar-refractivity contribution < 1.29 is 4.79 Å². The first-order valence-electron chi connectivity index (χ1n) is 8.85. The van der Waals surface area contributed by atoms with Crippen molar-refractivity contribution in [3.05, 3.63) is 94.3 Å². The van der Waals surface area contributed by atoms with Crippen molar-refractivity contribution in [3.63, 3.8) is 0 Å². The minimum Gasteiger partial charge on any atom is -0.346 e. The molecule has 0 aliphatic rings. The molecule has 0 aliphatic heterocycles. The van der Waals surface area contributed by atoms with E-state index in [-0.39, 0.29) is 11.9 Å². The monoisotopic (exact) mass is 379 g/mol. The van der Waals surface area contributed by atoms with Crippen LogP contribution in [0, 0.1) is 6.92 Å². The van der Waals surface area contributed by atoms with E-state index in [2.05, 4.69) is 10.4 Å². The van der Waals surface area contributed by atoms with Crippen LogP contribution < -0.4 is 5.32 Å². The number of rotatable bonds is 6. The lowest BCUT2D eigenvalue weighted by atomic mass is 10.1. The normalized spacial score (nSPS) is 12.3. The van der Waals surface area contributed by atoms with Gasteiger partial charge in [0.15, 0.2) is 0 Å². The minimum atomic E-state index is -0.169. The number of hydrogen-bond acceptors (Lipinski definition) is 2. The van der Waals surface area contributed by atoms with E-state index in [9.17, 15) is 4.79 Å². The molecule has 4 nitrogen and oxygen atoms in total. The van der Waals surface area contributed by atoms with E-state index in [1.807, 2.05) is 74.5 Å². The fraction of sp³-hybridized carbons (Fsp3) is 0.182. The van der Waals surface area contributed by atoms with Crippen LogP contribution in [0.15, 0.2) is 66.7 Å². The Kier molecular flexibility index (Phi) is 6.09. The molecule has 1 heterocycles. The highest BCUT2D eigenvalue weighted by atomic mass is 35.5. The smallest absolute Gasteiger partial charge is 0.244 e. The van der Waals surface area contributed by atoms with Gasteiger partial charge < -0.3 is 5.32 Å². The van der Waals surface area contributed by atoms with E-state index in [4.69, 9.17) is 11.6 Å². The summed E-state index contributed by atoms with van der Waals surface area (Å²) in [6.07, 6.45) is 3.22. The van der Waals surface area contributed by atoms with E-state index < -0.39 is 0 Å². The van der Waals surface area contributed by atoms with Gasteiger partial charge in [-0.05, 0) is 31.1 Å². The summed E-state index contributed by atoms with van der Waals surface area (Å²) in [5, 5.41) is 7.97. The topological polar surface area (TPSA) is 46.9 Å². The third-order valence-corrected chi connectivity index (χ3v) is 4.74. The standard InChI is InChI=1S/C22H22ClN3O/c1-16(19-11-7-4-8-12-19)24-21(27)14-13-20-17(2)25-26(22(20)23)15-18-9-5-3-6-10-18/h3-14,16H,15H2,1-2H3,(H,24,27)/b14-13+. The van der Waals surface area contributed by atoms with Gasteiger partial charge >= 0.3 is 0 Å². The summed E-state index contributed by atoms with van der Waals surface area (Å²) < 4.78 is 1.75. The van der Waals surface area contributed by atoms with Crippen LogP contribution in [0.1, 0.15) is 35.3 Å². The Morgan fingerprint density at radius 1 is 1.15 bits per heavy atom. The van der Waals surface area contributed by atoms with Gasteiger partial charge in [-0.3, -0.25) is 4.79 Å². The number of aromatic nitrogens is 2. The van der Waals surface area contributed by atoms with Crippen molar-refractivity contribution in [2.45, 2.75) is 26.4 Å². The Morgan fingerprint density at radius 3 is 2.44 bits per heavy atom. The lowest BCUT2D eigenvalue weighted by molar-refractivity contribution is -0.117. The van der Waals surface area contributed by atoms with E-state index in [0.29, 0.717) is 11.7 Å². The van der Waals surface area contributed by atoms with Gasteiger partial charge in [0.05, 0.1) is 18.3 Å². The number of amides is 1. The summed E-state index contributed by atoms with van der Waals surface area (Å²) in [5.41, 5.74) is 3.72. The van der Waals surface area contributed by atoms with Crippen molar-refractivity contribution in [2.24, 2.45) is 0 Å². The van der Waals surface area contributed by atoms with E-state index in [1.165, 1.54) is 6.08 Å². The zero-order valence-electron chi connectivity index (χ0n) is 15.4. The summed E-state index contributed by atoms with van der Waals surface area (Å²) in [6.45, 7) is 4.43. The highest BCUT2D eigenvalue weighted by Gasteiger charge is 2.12. The second-order valence-electron chi connectivity index (χ2n) is 6.41. The van der Waals surface area contributed by atoms with Crippen LogP contribution in [0.3, 0.4) is 0 Å². The molecule has 1 amide bonds. The number of carbonyl (C=O) groups is 1. The lowest BCUT2D eigenvalue weighted by Crippen LogP contribution is -2.24. The van der Waals surface area contributed by atoms with Gasteiger partial charge in [-0.2, -0.15) is 5.10 Å². The maximum atomic E-state index is 12.3. The van der Waals surface area contributed by atoms with Crippen molar-refractivity contribution in [3.8, 4) is 0 Å². The fourth-order valence-corrected chi connectivity index (χ4v) is 3.16. The molecule has 0 radical (unpaired) electrons. The third kappa shape index (κ3) is 4.86. The Hall–Kier alpha value is -2.85. The van der Waals surface area contributed by atoms with Crippen molar-refractivity contribution in [2.75, 3.05) is 0 Å². The molecule has 2 aromatic carbocycles. The van der Waals surface area contributed by atoms with E-state index in [1.54, 1.807) is 10.8 Å². The Labute approximate surface area is 164 Å². The number of nitrogens with zero attached hydrogens (tertiary/aromatic N) is 2. The number of halogens is 1. The molecular formula is C22H22ClN3O. The third-order valence-electron chi connectivity index (χ3n) is 4.34. The second kappa shape index (κ2) is 8.69. The largest absolute Gasteiger partial charge is 0.346 e. The zero-order chi connectivity index (χ0) is 19.2. The predicted molar refractivity (Wildman–Crippen MR) is 110 cm³/mol. The van der Waals surface area contributed by atoms with Gasteiger partial charge in [-0.15, -0.1) is 0 Å². The molecule has 138 valence electrons. The first-order valence-corrected chi connectivity index (χ1v) is 9.22. The molecule has 1 aromatic heterocycles. The van der Waals surface area contributed by atoms with Gasteiger partial charge in [0, 0.05) is 11.6 Å². The molecular weight excluding hydrogens is 358 g/mol. The van der Waals surface area contributed by atoms with Crippen LogP contribution in [0.25, 0.3) is 6.08 Å². The zero-order valence-corrected chi connectivity index (χ0v) is 16.1. The van der Waals surface area contributed by atoms with Gasteiger partial charge in [-0.25, -0.2) is 4.68 Å². The molecule has 0 aliphatic carbocycles. The van der Waals surface area contributed by atoms with Crippen LogP contribution >= 0.6 is 11.6 Å². The molecule has 1 unspecified atom stereocenters. The summed E-state index contributed by atoms with van der Waals surface area (Å²) in [6, 6.07) is 19.8. The maximum Gasteiger partial charge on any atom is 0.244 e. The number of hydrogen-bond donors (Lipinski definition) is 1. The van der Waals surface area contributed by atoms with Gasteiger partial charge in [-0.1, -0.05) is 72.3 Å². The number of carbonyl (C=O) groups excluding carboxylic acids is 1. The van der Waals surface area contributed by atoms with Crippen molar-refractivity contribution in [1.29, 1.82) is 0 Å². The number of nitrogens with one attached hydrogen (secondary N) is 1. The highest BCUT2D eigenvalue weighted by Crippen LogP contribution is 2.22. The number of benzene rings is 2. The van der Waals surface area contributed by atoms with E-state index >= 15 is 0 Å². The summed E-state index contributed by atoms with van der Waals surface area (Å²) in [5.74, 6) is -0.169. The average molecular weight is 380 g/mol. The molecule has 0 bridgehead atoms. The molecule has 0 saturated carbocycles. The van der Waals surface area contributed by atoms with Gasteiger partial charge in [0.1, 0.15) is 5.15 Å². The Morgan fingerprint density at radius 2 is 1.78 bits per heavy atom. The first kappa shape index (κ1) is 18.9. The first-order chi connectivity index (χ1) is 13.0. The molecule has 0 saturated heterocycles. The van der Waals surface area contributed by atoms with Crippen LogP contribution in [0.5, 0.6) is 0 Å². The molecule has 0 fully saturated rings. The SMILES string of the molecule is Cc1nn(Cc2ccccc2)c(Cl)c1/C=C/C(=O)NC(C)c1ccccc1. The summed E-state index contributed by atoms with van der Waals surface area (Å²) in [4.78, 5) is 12.3. The highest BCUT2D eigenvalue weighted by molar-refractivity contribution is 6.31. The van der Waals surface area contributed by atoms with Crippen LogP contribution in [0.2, 0.25) is 5.15 Å². The molecule has 1 N–H and O–H groups in total. The fourth-order valence-electron chi connectivity index (χ4n) is 2.86. The molecule has 3 rings (SSSR count). The molecule has 0 spiro atoms. The Bertz CT molecular complexity index is 933. The quantitative estimate of drug-likeness (QED) is 0.626. The van der Waals surface area contributed by atoms with Crippen molar-refractivity contribution >= 4 is 23.6 Å². The van der Waals surface area contributed by atoms with Crippen molar-refractivity contribution in [1.82, 2.24) is 15.1 Å². The summed E-state index contributed by atoms with van der Waals surface area (Å²) in [7, 11) is 0. The molecule has 5 heteroatoms. The molecule has 27 heavy (non-hydrogen) atoms. The van der Waals surface area contributed by atoms with Gasteiger partial charge in [0.2, 0.25) is 5.91 Å². The second-order valence-corrected chi connectivity index (χ2v) is 6.77. The lowest BCUT2D eigenvalue weighted by Gasteiger charge is -2.12. The Balaban J connectivity index is 1.69.